The average Bonchev–Trinajstić information content (AvgIpc) is 2.61. The maximum absolute atomic E-state index is 10.6. The van der Waals surface area contributed by atoms with Gasteiger partial charge in [-0.15, -0.1) is 5.10 Å². The zero-order valence-corrected chi connectivity index (χ0v) is 8.01. The maximum atomic E-state index is 10.6. The molecule has 1 saturated heterocycles. The summed E-state index contributed by atoms with van der Waals surface area (Å²) >= 11 is 0. The largest absolute Gasteiger partial charge is 0.378 e. The second-order valence-electron chi connectivity index (χ2n) is 3.11. The number of hydrogen-bond donors (Lipinski definition) is 0. The lowest BCUT2D eigenvalue weighted by Crippen LogP contribution is -2.37. The van der Waals surface area contributed by atoms with E-state index in [-0.39, 0.29) is 0 Å². The topological polar surface area (TPSA) is 60.3 Å². The van der Waals surface area contributed by atoms with Crippen molar-refractivity contribution in [3.63, 3.8) is 0 Å². The molecule has 2 rings (SSSR count). The van der Waals surface area contributed by atoms with E-state index in [1.165, 1.54) is 4.68 Å². The third kappa shape index (κ3) is 1.60. The summed E-state index contributed by atoms with van der Waals surface area (Å²) in [6.45, 7) is 2.94. The Morgan fingerprint density at radius 1 is 1.43 bits per heavy atom. The number of morpholine rings is 1. The van der Waals surface area contributed by atoms with Gasteiger partial charge in [-0.3, -0.25) is 4.79 Å². The summed E-state index contributed by atoms with van der Waals surface area (Å²) in [6, 6.07) is 0. The van der Waals surface area contributed by atoms with E-state index in [9.17, 15) is 4.79 Å². The summed E-state index contributed by atoms with van der Waals surface area (Å²) in [5.41, 5.74) is 0. The number of aromatic nitrogens is 3. The molecule has 6 heteroatoms. The number of aldehydes is 1. The fourth-order valence-electron chi connectivity index (χ4n) is 1.38. The zero-order valence-electron chi connectivity index (χ0n) is 8.01. The zero-order chi connectivity index (χ0) is 9.97. The molecule has 1 aliphatic rings. The van der Waals surface area contributed by atoms with Gasteiger partial charge in [0, 0.05) is 20.1 Å². The van der Waals surface area contributed by atoms with Gasteiger partial charge in [-0.1, -0.05) is 0 Å². The Labute approximate surface area is 81.5 Å². The minimum absolute atomic E-state index is 0.353. The molecule has 0 atom stereocenters. The number of rotatable bonds is 2. The lowest BCUT2D eigenvalue weighted by molar-refractivity contribution is 0.111. The fourth-order valence-corrected chi connectivity index (χ4v) is 1.38. The Morgan fingerprint density at radius 3 is 2.71 bits per heavy atom. The molecule has 0 aromatic carbocycles. The lowest BCUT2D eigenvalue weighted by atomic mass is 10.4. The van der Waals surface area contributed by atoms with Crippen LogP contribution in [-0.4, -0.2) is 47.4 Å². The molecule has 1 aromatic heterocycles. The minimum atomic E-state index is 0.353. The van der Waals surface area contributed by atoms with Crippen LogP contribution in [0.15, 0.2) is 0 Å². The predicted molar refractivity (Wildman–Crippen MR) is 49.4 cm³/mol. The van der Waals surface area contributed by atoms with E-state index in [2.05, 4.69) is 10.1 Å². The molecule has 6 nitrogen and oxygen atoms in total. The first-order valence-corrected chi connectivity index (χ1v) is 4.50. The number of carbonyl (C=O) groups excluding carboxylic acids is 1. The molecule has 0 aliphatic carbocycles. The highest BCUT2D eigenvalue weighted by Crippen LogP contribution is 2.09. The van der Waals surface area contributed by atoms with Crippen LogP contribution >= 0.6 is 0 Å². The van der Waals surface area contributed by atoms with Crippen molar-refractivity contribution < 1.29 is 9.53 Å². The van der Waals surface area contributed by atoms with E-state index in [1.54, 1.807) is 7.05 Å². The van der Waals surface area contributed by atoms with Gasteiger partial charge in [0.15, 0.2) is 12.1 Å². The van der Waals surface area contributed by atoms with Crippen LogP contribution in [0.1, 0.15) is 10.6 Å². The molecule has 0 unspecified atom stereocenters. The average molecular weight is 196 g/mol. The predicted octanol–water partition coefficient (Wildman–Crippen LogP) is -0.536. The van der Waals surface area contributed by atoms with Gasteiger partial charge < -0.3 is 9.64 Å². The molecule has 0 N–H and O–H groups in total. The van der Waals surface area contributed by atoms with Gasteiger partial charge >= 0.3 is 0 Å². The second-order valence-corrected chi connectivity index (χ2v) is 3.11. The summed E-state index contributed by atoms with van der Waals surface area (Å²) in [5.74, 6) is 0.962. The van der Waals surface area contributed by atoms with Crippen LogP contribution in [0.5, 0.6) is 0 Å². The van der Waals surface area contributed by atoms with Crippen LogP contribution in [-0.2, 0) is 11.8 Å². The van der Waals surface area contributed by atoms with E-state index in [0.29, 0.717) is 31.3 Å². The Morgan fingerprint density at radius 2 is 2.14 bits per heavy atom. The number of anilines is 1. The van der Waals surface area contributed by atoms with Crippen LogP contribution < -0.4 is 4.90 Å². The van der Waals surface area contributed by atoms with Gasteiger partial charge in [0.2, 0.25) is 5.95 Å². The van der Waals surface area contributed by atoms with E-state index < -0.39 is 0 Å². The number of carbonyl (C=O) groups is 1. The summed E-state index contributed by atoms with van der Waals surface area (Å²) in [4.78, 5) is 16.7. The first kappa shape index (κ1) is 9.14. The molecule has 0 bridgehead atoms. The highest BCUT2D eigenvalue weighted by Gasteiger charge is 2.16. The molecule has 0 radical (unpaired) electrons. The molecule has 0 amide bonds. The van der Waals surface area contributed by atoms with Gasteiger partial charge in [-0.2, -0.15) is 4.98 Å². The SMILES string of the molecule is Cn1nc(N2CCOCC2)nc1C=O. The normalized spacial score (nSPS) is 17.1. The van der Waals surface area contributed by atoms with Crippen molar-refractivity contribution in [1.29, 1.82) is 0 Å². The molecule has 1 aliphatic heterocycles. The van der Waals surface area contributed by atoms with Crippen molar-refractivity contribution in [3.05, 3.63) is 5.82 Å². The van der Waals surface area contributed by atoms with E-state index >= 15 is 0 Å². The molecular formula is C8H12N4O2. The Kier molecular flexibility index (Phi) is 2.45. The van der Waals surface area contributed by atoms with Crippen molar-refractivity contribution in [2.24, 2.45) is 7.05 Å². The molecule has 14 heavy (non-hydrogen) atoms. The van der Waals surface area contributed by atoms with Crippen molar-refractivity contribution in [2.45, 2.75) is 0 Å². The number of hydrogen-bond acceptors (Lipinski definition) is 5. The van der Waals surface area contributed by atoms with Gasteiger partial charge in [0.25, 0.3) is 0 Å². The Balaban J connectivity index is 2.18. The van der Waals surface area contributed by atoms with Gasteiger partial charge in [-0.25, -0.2) is 4.68 Å². The smallest absolute Gasteiger partial charge is 0.245 e. The third-order valence-electron chi connectivity index (χ3n) is 2.18. The summed E-state index contributed by atoms with van der Waals surface area (Å²) in [6.07, 6.45) is 0.705. The lowest BCUT2D eigenvalue weighted by Gasteiger charge is -2.25. The number of nitrogens with zero attached hydrogens (tertiary/aromatic N) is 4. The summed E-state index contributed by atoms with van der Waals surface area (Å²) in [5, 5.41) is 4.15. The molecule has 1 fully saturated rings. The van der Waals surface area contributed by atoms with E-state index in [0.717, 1.165) is 13.1 Å². The molecule has 76 valence electrons. The van der Waals surface area contributed by atoms with Crippen molar-refractivity contribution in [1.82, 2.24) is 14.8 Å². The second kappa shape index (κ2) is 3.75. The molecule has 0 saturated carbocycles. The monoisotopic (exact) mass is 196 g/mol. The maximum Gasteiger partial charge on any atom is 0.245 e. The first-order chi connectivity index (χ1) is 6.81. The molecular weight excluding hydrogens is 184 g/mol. The Hall–Kier alpha value is -1.43. The number of aryl methyl sites for hydroxylation is 1. The Bertz CT molecular complexity index is 330. The van der Waals surface area contributed by atoms with Crippen LogP contribution in [0.25, 0.3) is 0 Å². The quantitative estimate of drug-likeness (QED) is 0.595. The highest BCUT2D eigenvalue weighted by atomic mass is 16.5. The van der Waals surface area contributed by atoms with Gasteiger partial charge in [0.05, 0.1) is 13.2 Å². The summed E-state index contributed by atoms with van der Waals surface area (Å²) < 4.78 is 6.69. The minimum Gasteiger partial charge on any atom is -0.378 e. The van der Waals surface area contributed by atoms with Gasteiger partial charge in [-0.05, 0) is 0 Å². The fraction of sp³-hybridized carbons (Fsp3) is 0.625. The van der Waals surface area contributed by atoms with Crippen molar-refractivity contribution >= 4 is 12.2 Å². The molecule has 2 heterocycles. The summed E-state index contributed by atoms with van der Waals surface area (Å²) in [7, 11) is 1.71. The molecule has 1 aromatic rings. The standard InChI is InChI=1S/C8H12N4O2/c1-11-7(6-13)9-8(10-11)12-2-4-14-5-3-12/h6H,2-5H2,1H3. The number of ether oxygens (including phenoxy) is 1. The van der Waals surface area contributed by atoms with E-state index in [4.69, 9.17) is 4.74 Å². The first-order valence-electron chi connectivity index (χ1n) is 4.50. The van der Waals surface area contributed by atoms with E-state index in [1.807, 2.05) is 4.90 Å². The van der Waals surface area contributed by atoms with Crippen LogP contribution in [0.2, 0.25) is 0 Å². The van der Waals surface area contributed by atoms with Gasteiger partial charge in [0.1, 0.15) is 0 Å². The third-order valence-corrected chi connectivity index (χ3v) is 2.18. The van der Waals surface area contributed by atoms with Crippen LogP contribution in [0.4, 0.5) is 5.95 Å². The van der Waals surface area contributed by atoms with Crippen molar-refractivity contribution in [2.75, 3.05) is 31.2 Å². The van der Waals surface area contributed by atoms with Crippen LogP contribution in [0.3, 0.4) is 0 Å². The van der Waals surface area contributed by atoms with Crippen molar-refractivity contribution in [3.8, 4) is 0 Å². The highest BCUT2D eigenvalue weighted by molar-refractivity contribution is 5.69. The van der Waals surface area contributed by atoms with Crippen LogP contribution in [0, 0.1) is 0 Å². The molecule has 0 spiro atoms.